The van der Waals surface area contributed by atoms with E-state index in [2.05, 4.69) is 91.8 Å². The Hall–Kier alpha value is -1.56. The van der Waals surface area contributed by atoms with E-state index in [1.54, 1.807) is 0 Å². The predicted molar refractivity (Wildman–Crippen MR) is 143 cm³/mol. The second-order valence-corrected chi connectivity index (χ2v) is 9.50. The van der Waals surface area contributed by atoms with Crippen LogP contribution in [-0.4, -0.2) is 0 Å². The fraction of sp³-hybridized carbons (Fsp3) is 0.581. The quantitative estimate of drug-likeness (QED) is 0.182. The smallest absolute Gasteiger partial charge is 0 e. The third kappa shape index (κ3) is 22.9. The second kappa shape index (κ2) is 20.3. The maximum absolute atomic E-state index is 2.43. The van der Waals surface area contributed by atoms with Crippen molar-refractivity contribution < 1.29 is 0 Å². The first-order chi connectivity index (χ1) is 14.2. The van der Waals surface area contributed by atoms with Crippen molar-refractivity contribution in [2.75, 3.05) is 0 Å². The predicted octanol–water partition coefficient (Wildman–Crippen LogP) is 10.7. The van der Waals surface area contributed by atoms with Crippen molar-refractivity contribution in [3.8, 4) is 0 Å². The fourth-order valence-electron chi connectivity index (χ4n) is 3.34. The van der Waals surface area contributed by atoms with E-state index in [0.29, 0.717) is 0 Å². The van der Waals surface area contributed by atoms with Crippen molar-refractivity contribution in [2.45, 2.75) is 120 Å². The minimum Gasteiger partial charge on any atom is -0.0856 e. The first-order valence-electron chi connectivity index (χ1n) is 12.1. The maximum atomic E-state index is 2.43. The lowest BCUT2D eigenvalue weighted by molar-refractivity contribution is 0.896. The van der Waals surface area contributed by atoms with Gasteiger partial charge in [0.15, 0.2) is 0 Å². The molecule has 0 aromatic heterocycles. The summed E-state index contributed by atoms with van der Waals surface area (Å²) in [6.45, 7) is 17.8. The summed E-state index contributed by atoms with van der Waals surface area (Å²) in [5, 5.41) is 0. The van der Waals surface area contributed by atoms with Crippen LogP contribution in [0.3, 0.4) is 0 Å². The van der Waals surface area contributed by atoms with Gasteiger partial charge in [-0.15, -0.1) is 0 Å². The molecule has 0 rings (SSSR count). The zero-order valence-electron chi connectivity index (χ0n) is 22.0. The van der Waals surface area contributed by atoms with Crippen molar-refractivity contribution in [2.24, 2.45) is 0 Å². The van der Waals surface area contributed by atoms with Gasteiger partial charge in [-0.25, -0.2) is 0 Å². The topological polar surface area (TPSA) is 0 Å². The van der Waals surface area contributed by atoms with E-state index >= 15 is 0 Å². The largest absolute Gasteiger partial charge is 0.0856 e. The van der Waals surface area contributed by atoms with Crippen LogP contribution >= 0.6 is 0 Å². The van der Waals surface area contributed by atoms with E-state index in [9.17, 15) is 0 Å². The third-order valence-electron chi connectivity index (χ3n) is 5.40. The average Bonchev–Trinajstić information content (AvgIpc) is 2.64. The summed E-state index contributed by atoms with van der Waals surface area (Å²) in [5.74, 6) is 0. The summed E-state index contributed by atoms with van der Waals surface area (Å²) in [6.07, 6.45) is 26.2. The first-order valence-corrected chi connectivity index (χ1v) is 12.1. The normalized spacial score (nSPS) is 13.0. The number of hydrogen-bond donors (Lipinski definition) is 0. The SMILES string of the molecule is CC(C)=CCCC(C)=CCCC(C)=CCCC=C(C)CCC=C(C)CCC=C(C)C.[C]. The Labute approximate surface area is 197 Å². The van der Waals surface area contributed by atoms with E-state index < -0.39 is 0 Å². The molecule has 0 nitrogen and oxygen atoms in total. The van der Waals surface area contributed by atoms with Gasteiger partial charge in [-0.05, 0) is 120 Å². The Balaban J connectivity index is 0. The van der Waals surface area contributed by atoms with Crippen molar-refractivity contribution in [1.82, 2.24) is 0 Å². The van der Waals surface area contributed by atoms with Crippen LogP contribution in [0.5, 0.6) is 0 Å². The molecule has 0 aromatic rings. The monoisotopic (exact) mass is 422 g/mol. The van der Waals surface area contributed by atoms with Gasteiger partial charge < -0.3 is 0 Å². The highest BCUT2D eigenvalue weighted by Gasteiger charge is 1.94. The van der Waals surface area contributed by atoms with Crippen LogP contribution in [0.25, 0.3) is 0 Å². The minimum absolute atomic E-state index is 0. The molecule has 0 heterocycles. The fourth-order valence-corrected chi connectivity index (χ4v) is 3.34. The van der Waals surface area contributed by atoms with Gasteiger partial charge in [0.2, 0.25) is 0 Å². The van der Waals surface area contributed by atoms with Gasteiger partial charge in [0.05, 0.1) is 0 Å². The average molecular weight is 423 g/mol. The number of hydrogen-bond acceptors (Lipinski definition) is 0. The van der Waals surface area contributed by atoms with E-state index in [0.717, 1.165) is 0 Å². The molecule has 0 aromatic carbocycles. The van der Waals surface area contributed by atoms with Gasteiger partial charge in [0.25, 0.3) is 0 Å². The van der Waals surface area contributed by atoms with Gasteiger partial charge in [0.1, 0.15) is 0 Å². The van der Waals surface area contributed by atoms with E-state index in [-0.39, 0.29) is 7.43 Å². The molecule has 0 amide bonds. The summed E-state index contributed by atoms with van der Waals surface area (Å²) in [4.78, 5) is 0. The molecule has 31 heavy (non-hydrogen) atoms. The molecule has 0 N–H and O–H groups in total. The molecule has 4 radical (unpaired) electrons. The Bertz CT molecular complexity index is 578. The molecule has 174 valence electrons. The second-order valence-electron chi connectivity index (χ2n) is 9.50. The molecule has 0 aliphatic heterocycles. The molecule has 0 saturated carbocycles. The highest BCUT2D eigenvalue weighted by Crippen LogP contribution is 2.14. The number of unbranched alkanes of at least 4 members (excludes halogenated alkanes) is 1. The number of rotatable bonds is 15. The molecular formula is C31H50. The van der Waals surface area contributed by atoms with Gasteiger partial charge in [-0.1, -0.05) is 69.9 Å². The summed E-state index contributed by atoms with van der Waals surface area (Å²) in [6, 6.07) is 0. The highest BCUT2D eigenvalue weighted by molar-refractivity contribution is 5.08. The minimum atomic E-state index is 0. The zero-order valence-corrected chi connectivity index (χ0v) is 22.0. The van der Waals surface area contributed by atoms with Crippen molar-refractivity contribution in [3.05, 3.63) is 77.3 Å². The molecule has 0 aliphatic carbocycles. The lowest BCUT2D eigenvalue weighted by Crippen LogP contribution is -1.82. The standard InChI is InChI=1S/C30H50.C/c1-25(2)15-11-19-29(7)23-13-21-27(5)17-9-10-18-28(6)22-14-24-30(8)20-12-16-26(3)4;/h15-18,23-24H,9-14,19-22H2,1-8H3;. The van der Waals surface area contributed by atoms with Crippen LogP contribution in [0.2, 0.25) is 0 Å². The summed E-state index contributed by atoms with van der Waals surface area (Å²) >= 11 is 0. The molecule has 0 atom stereocenters. The van der Waals surface area contributed by atoms with Crippen LogP contribution < -0.4 is 0 Å². The van der Waals surface area contributed by atoms with Crippen LogP contribution in [0.4, 0.5) is 0 Å². The lowest BCUT2D eigenvalue weighted by atomic mass is 10.0. The van der Waals surface area contributed by atoms with Gasteiger partial charge in [0, 0.05) is 7.43 Å². The molecule has 0 spiro atoms. The maximum Gasteiger partial charge on any atom is 0 e. The molecule has 0 aliphatic rings. The summed E-state index contributed by atoms with van der Waals surface area (Å²) < 4.78 is 0. The van der Waals surface area contributed by atoms with Gasteiger partial charge in [-0.3, -0.25) is 0 Å². The Kier molecular flexibility index (Phi) is 20.8. The zero-order chi connectivity index (χ0) is 22.8. The highest BCUT2D eigenvalue weighted by atomic mass is 14.0. The molecule has 0 unspecified atom stereocenters. The Morgan fingerprint density at radius 1 is 0.355 bits per heavy atom. The molecule has 0 bridgehead atoms. The van der Waals surface area contributed by atoms with Crippen LogP contribution in [-0.2, 0) is 0 Å². The molecule has 0 saturated heterocycles. The molecule has 0 fully saturated rings. The third-order valence-corrected chi connectivity index (χ3v) is 5.40. The molecular weight excluding hydrogens is 372 g/mol. The van der Waals surface area contributed by atoms with Gasteiger partial charge in [-0.2, -0.15) is 0 Å². The van der Waals surface area contributed by atoms with Crippen LogP contribution in [0, 0.1) is 7.43 Å². The lowest BCUT2D eigenvalue weighted by Gasteiger charge is -2.02. The van der Waals surface area contributed by atoms with E-state index in [1.807, 2.05) is 0 Å². The Morgan fingerprint density at radius 2 is 0.581 bits per heavy atom. The molecule has 0 heteroatoms. The van der Waals surface area contributed by atoms with Crippen LogP contribution in [0.15, 0.2) is 69.9 Å². The Morgan fingerprint density at radius 3 is 0.839 bits per heavy atom. The van der Waals surface area contributed by atoms with Crippen molar-refractivity contribution >= 4 is 0 Å². The van der Waals surface area contributed by atoms with Crippen molar-refractivity contribution in [3.63, 3.8) is 0 Å². The van der Waals surface area contributed by atoms with E-state index in [4.69, 9.17) is 0 Å². The van der Waals surface area contributed by atoms with Crippen LogP contribution in [0.1, 0.15) is 120 Å². The van der Waals surface area contributed by atoms with Gasteiger partial charge >= 0.3 is 0 Å². The number of allylic oxidation sites excluding steroid dienone is 12. The first kappa shape index (κ1) is 31.6. The van der Waals surface area contributed by atoms with E-state index in [1.165, 1.54) is 97.6 Å². The summed E-state index contributed by atoms with van der Waals surface area (Å²) in [7, 11) is 0. The van der Waals surface area contributed by atoms with Crippen molar-refractivity contribution in [1.29, 1.82) is 0 Å². The summed E-state index contributed by atoms with van der Waals surface area (Å²) in [5.41, 5.74) is 8.97.